The first kappa shape index (κ1) is 73.0. The molecule has 0 aliphatic heterocycles. The summed E-state index contributed by atoms with van der Waals surface area (Å²) in [5.74, 6) is -0.0380. The predicted molar refractivity (Wildman–Crippen MR) is 340 cm³/mol. The van der Waals surface area contributed by atoms with Crippen molar-refractivity contribution in [3.63, 3.8) is 0 Å². The predicted octanol–water partition coefficient (Wildman–Crippen LogP) is 22.6. The molecule has 3 N–H and O–H groups in total. The lowest BCUT2D eigenvalue weighted by Crippen LogP contribution is -2.45. The van der Waals surface area contributed by atoms with Crippen LogP contribution >= 0.6 is 0 Å². The van der Waals surface area contributed by atoms with Crippen LogP contribution in [0.4, 0.5) is 0 Å². The summed E-state index contributed by atoms with van der Waals surface area (Å²) in [5.41, 5.74) is 0. The zero-order valence-corrected chi connectivity index (χ0v) is 50.5. The molecule has 0 aromatic carbocycles. The largest absolute Gasteiger partial charge is 0.394 e. The molecule has 0 aromatic heterocycles. The van der Waals surface area contributed by atoms with Crippen LogP contribution in [0.25, 0.3) is 0 Å². The molecule has 76 heavy (non-hydrogen) atoms. The first-order chi connectivity index (χ1) is 37.7. The van der Waals surface area contributed by atoms with Gasteiger partial charge in [-0.15, -0.1) is 0 Å². The average Bonchev–Trinajstić information content (AvgIpc) is 3.42. The molecule has 4 nitrogen and oxygen atoms in total. The van der Waals surface area contributed by atoms with E-state index in [0.717, 1.165) is 83.5 Å². The number of allylic oxidation sites excluding steroid dienone is 18. The van der Waals surface area contributed by atoms with Gasteiger partial charge >= 0.3 is 0 Å². The molecule has 0 aliphatic rings. The monoisotopic (exact) mass is 1050 g/mol. The van der Waals surface area contributed by atoms with Gasteiger partial charge in [-0.25, -0.2) is 0 Å². The molecular formula is C72H127NO3. The van der Waals surface area contributed by atoms with Crippen LogP contribution in [0.3, 0.4) is 0 Å². The van der Waals surface area contributed by atoms with Gasteiger partial charge in [-0.1, -0.05) is 342 Å². The van der Waals surface area contributed by atoms with Crippen molar-refractivity contribution >= 4 is 5.91 Å². The summed E-state index contributed by atoms with van der Waals surface area (Å²) in [6.07, 6.45) is 99.7. The van der Waals surface area contributed by atoms with Crippen molar-refractivity contribution in [2.75, 3.05) is 6.61 Å². The standard InChI is InChI=1S/C72H127NO3/c1-3-5-7-9-11-13-15-17-19-21-23-25-27-29-31-32-33-34-35-36-37-38-39-40-42-44-46-48-50-52-54-56-58-60-62-64-66-68-72(76)73-70(69-74)71(75)67-65-63-61-59-57-55-53-51-49-47-45-43-41-30-28-26-24-22-20-18-16-14-12-10-8-6-4-2/h5,7,11,13,17,19,23,25,29,31,33-34,36-37,39-40,44,46,70-71,74-75H,3-4,6,8-10,12,14-16,18,20-22,24,26-28,30,32,35,38,41-43,45,47-69H2,1-2H3,(H,73,76)/b7-5-,13-11-,19-17-,25-23-,31-29-,34-33-,37-36-,40-39-,46-44-. The maximum Gasteiger partial charge on any atom is 0.220 e. The van der Waals surface area contributed by atoms with Gasteiger partial charge in [0, 0.05) is 6.42 Å². The van der Waals surface area contributed by atoms with Crippen LogP contribution in [0.15, 0.2) is 109 Å². The molecule has 0 spiro atoms. The lowest BCUT2D eigenvalue weighted by atomic mass is 10.0. The highest BCUT2D eigenvalue weighted by molar-refractivity contribution is 5.76. The van der Waals surface area contributed by atoms with Crippen molar-refractivity contribution in [2.24, 2.45) is 0 Å². The summed E-state index contributed by atoms with van der Waals surface area (Å²) in [5, 5.41) is 23.4. The van der Waals surface area contributed by atoms with E-state index in [2.05, 4.69) is 129 Å². The zero-order chi connectivity index (χ0) is 54.8. The summed E-state index contributed by atoms with van der Waals surface area (Å²) in [6.45, 7) is 4.26. The molecule has 4 heteroatoms. The average molecular weight is 1050 g/mol. The fourth-order valence-electron chi connectivity index (χ4n) is 9.83. The third-order valence-corrected chi connectivity index (χ3v) is 14.8. The van der Waals surface area contributed by atoms with Crippen molar-refractivity contribution in [1.82, 2.24) is 5.32 Å². The van der Waals surface area contributed by atoms with Crippen LogP contribution in [0.1, 0.15) is 322 Å². The van der Waals surface area contributed by atoms with Crippen LogP contribution in [-0.4, -0.2) is 34.9 Å². The van der Waals surface area contributed by atoms with E-state index in [1.54, 1.807) is 0 Å². The Balaban J connectivity index is 3.53. The van der Waals surface area contributed by atoms with Gasteiger partial charge in [0.05, 0.1) is 18.8 Å². The molecule has 0 saturated heterocycles. The fraction of sp³-hybridized carbons (Fsp3) is 0.736. The number of aliphatic hydroxyl groups excluding tert-OH is 2. The molecule has 0 bridgehead atoms. The molecule has 0 aliphatic carbocycles. The van der Waals surface area contributed by atoms with Crippen molar-refractivity contribution < 1.29 is 15.0 Å². The molecule has 0 rings (SSSR count). The number of rotatable bonds is 60. The minimum atomic E-state index is -0.671. The number of aliphatic hydroxyl groups is 2. The number of unbranched alkanes of at least 4 members (excludes halogenated alkanes) is 35. The summed E-state index contributed by atoms with van der Waals surface area (Å²) >= 11 is 0. The minimum Gasteiger partial charge on any atom is -0.394 e. The Morgan fingerprint density at radius 2 is 0.579 bits per heavy atom. The maximum absolute atomic E-state index is 12.5. The second kappa shape index (κ2) is 66.3. The van der Waals surface area contributed by atoms with Gasteiger partial charge in [0.15, 0.2) is 0 Å². The summed E-state index contributed by atoms with van der Waals surface area (Å²) < 4.78 is 0. The van der Waals surface area contributed by atoms with Crippen LogP contribution < -0.4 is 5.32 Å². The molecular weight excluding hydrogens is 927 g/mol. The number of hydrogen-bond acceptors (Lipinski definition) is 3. The molecule has 2 unspecified atom stereocenters. The van der Waals surface area contributed by atoms with Crippen LogP contribution in [-0.2, 0) is 4.79 Å². The van der Waals surface area contributed by atoms with E-state index in [1.165, 1.54) is 212 Å². The highest BCUT2D eigenvalue weighted by atomic mass is 16.3. The number of carbonyl (C=O) groups excluding carboxylic acids is 1. The maximum atomic E-state index is 12.5. The van der Waals surface area contributed by atoms with Gasteiger partial charge < -0.3 is 15.5 Å². The highest BCUT2D eigenvalue weighted by Crippen LogP contribution is 2.18. The Morgan fingerprint density at radius 3 is 0.868 bits per heavy atom. The third-order valence-electron chi connectivity index (χ3n) is 14.8. The number of hydrogen-bond donors (Lipinski definition) is 3. The lowest BCUT2D eigenvalue weighted by Gasteiger charge is -2.22. The van der Waals surface area contributed by atoms with Crippen molar-refractivity contribution in [3.05, 3.63) is 109 Å². The smallest absolute Gasteiger partial charge is 0.220 e. The van der Waals surface area contributed by atoms with Gasteiger partial charge in [0.25, 0.3) is 0 Å². The molecule has 0 radical (unpaired) electrons. The topological polar surface area (TPSA) is 69.6 Å². The first-order valence-corrected chi connectivity index (χ1v) is 33.1. The Labute approximate surface area is 474 Å². The molecule has 0 fully saturated rings. The third kappa shape index (κ3) is 61.9. The second-order valence-electron chi connectivity index (χ2n) is 22.2. The summed E-state index contributed by atoms with van der Waals surface area (Å²) in [6, 6.07) is -0.549. The molecule has 1 amide bonds. The van der Waals surface area contributed by atoms with Crippen LogP contribution in [0, 0.1) is 0 Å². The van der Waals surface area contributed by atoms with Crippen molar-refractivity contribution in [3.8, 4) is 0 Å². The van der Waals surface area contributed by atoms with Crippen LogP contribution in [0.5, 0.6) is 0 Å². The molecule has 438 valence electrons. The Hall–Kier alpha value is -2.95. The van der Waals surface area contributed by atoms with Crippen molar-refractivity contribution in [2.45, 2.75) is 334 Å². The Bertz CT molecular complexity index is 1430. The fourth-order valence-corrected chi connectivity index (χ4v) is 9.83. The van der Waals surface area contributed by atoms with Crippen LogP contribution in [0.2, 0.25) is 0 Å². The van der Waals surface area contributed by atoms with Crippen molar-refractivity contribution in [1.29, 1.82) is 0 Å². The Morgan fingerprint density at radius 1 is 0.329 bits per heavy atom. The lowest BCUT2D eigenvalue weighted by molar-refractivity contribution is -0.123. The number of amides is 1. The van der Waals surface area contributed by atoms with E-state index < -0.39 is 12.1 Å². The van der Waals surface area contributed by atoms with Gasteiger partial charge in [-0.2, -0.15) is 0 Å². The SMILES string of the molecule is CC/C=C\C/C=C\C/C=C\C/C=C\C/C=C\C/C=C\C/C=C\C/C=C\C/C=C\CCCCCCCCCCCC(=O)NC(CO)C(O)CCCCCCCCCCCCCCCCCCCCCCCCCCCCC. The van der Waals surface area contributed by atoms with Gasteiger partial charge in [-0.3, -0.25) is 4.79 Å². The van der Waals surface area contributed by atoms with E-state index in [4.69, 9.17) is 0 Å². The van der Waals surface area contributed by atoms with Gasteiger partial charge in [-0.05, 0) is 83.5 Å². The van der Waals surface area contributed by atoms with E-state index in [0.29, 0.717) is 12.8 Å². The van der Waals surface area contributed by atoms with Gasteiger partial charge in [0.1, 0.15) is 0 Å². The quantitative estimate of drug-likeness (QED) is 0.0420. The van der Waals surface area contributed by atoms with E-state index in [9.17, 15) is 15.0 Å². The second-order valence-corrected chi connectivity index (χ2v) is 22.2. The van der Waals surface area contributed by atoms with Gasteiger partial charge in [0.2, 0.25) is 5.91 Å². The summed E-state index contributed by atoms with van der Waals surface area (Å²) in [7, 11) is 0. The highest BCUT2D eigenvalue weighted by Gasteiger charge is 2.20. The molecule has 2 atom stereocenters. The minimum absolute atomic E-state index is 0.0380. The molecule has 0 saturated carbocycles. The number of nitrogens with one attached hydrogen (secondary N) is 1. The molecule has 0 aromatic rings. The number of carbonyl (C=O) groups is 1. The van der Waals surface area contributed by atoms with E-state index in [-0.39, 0.29) is 12.5 Å². The summed E-state index contributed by atoms with van der Waals surface area (Å²) in [4.78, 5) is 12.5. The van der Waals surface area contributed by atoms with E-state index in [1.807, 2.05) is 0 Å². The zero-order valence-electron chi connectivity index (χ0n) is 50.5. The first-order valence-electron chi connectivity index (χ1n) is 33.1. The Kier molecular flexibility index (Phi) is 63.8. The van der Waals surface area contributed by atoms with E-state index >= 15 is 0 Å². The normalized spacial score (nSPS) is 13.5. The molecule has 0 heterocycles.